The maximum absolute atomic E-state index is 11.7. The Morgan fingerprint density at radius 1 is 1.06 bits per heavy atom. The Morgan fingerprint density at radius 3 is 2.47 bits per heavy atom. The van der Waals surface area contributed by atoms with Crippen LogP contribution in [0.1, 0.15) is 112 Å². The van der Waals surface area contributed by atoms with Gasteiger partial charge in [0, 0.05) is 11.3 Å². The van der Waals surface area contributed by atoms with Crippen molar-refractivity contribution in [3.05, 3.63) is 23.3 Å². The summed E-state index contributed by atoms with van der Waals surface area (Å²) >= 11 is 0. The van der Waals surface area contributed by atoms with Crippen LogP contribution in [0.5, 0.6) is 0 Å². The molecule has 0 heterocycles. The van der Waals surface area contributed by atoms with Gasteiger partial charge >= 0.3 is 0 Å². The van der Waals surface area contributed by atoms with Crippen molar-refractivity contribution in [2.75, 3.05) is 0 Å². The zero-order valence-corrected chi connectivity index (χ0v) is 22.8. The first-order valence-corrected chi connectivity index (χ1v) is 14.4. The van der Waals surface area contributed by atoms with Gasteiger partial charge in [-0.3, -0.25) is 0 Å². The van der Waals surface area contributed by atoms with Crippen molar-refractivity contribution < 1.29 is 15.3 Å². The third kappa shape index (κ3) is 4.48. The number of allylic oxidation sites excluding steroid dienone is 3. The van der Waals surface area contributed by atoms with E-state index in [0.717, 1.165) is 50.9 Å². The van der Waals surface area contributed by atoms with Gasteiger partial charge in [0.1, 0.15) is 0 Å². The van der Waals surface area contributed by atoms with E-state index in [-0.39, 0.29) is 11.3 Å². The van der Waals surface area contributed by atoms with Crippen LogP contribution in [0.15, 0.2) is 23.3 Å². The monoisotopic (exact) mass is 472 g/mol. The molecular formula is C31H52O3. The molecule has 9 atom stereocenters. The van der Waals surface area contributed by atoms with Gasteiger partial charge in [0.2, 0.25) is 0 Å². The summed E-state index contributed by atoms with van der Waals surface area (Å²) in [6.45, 7) is 13.4. The first-order valence-electron chi connectivity index (χ1n) is 14.4. The van der Waals surface area contributed by atoms with Crippen LogP contribution in [0.25, 0.3) is 0 Å². The first-order chi connectivity index (χ1) is 15.9. The normalized spacial score (nSPS) is 42.9. The molecule has 0 radical (unpaired) electrons. The van der Waals surface area contributed by atoms with Gasteiger partial charge in [0.25, 0.3) is 0 Å². The van der Waals surface area contributed by atoms with Gasteiger partial charge in [-0.2, -0.15) is 0 Å². The summed E-state index contributed by atoms with van der Waals surface area (Å²) in [5.74, 6) is 2.47. The van der Waals surface area contributed by atoms with E-state index in [1.165, 1.54) is 31.3 Å². The van der Waals surface area contributed by atoms with Crippen LogP contribution in [0.4, 0.5) is 0 Å². The molecule has 0 spiro atoms. The van der Waals surface area contributed by atoms with Gasteiger partial charge in [-0.05, 0) is 87.9 Å². The smallest absolute Gasteiger partial charge is 0.0689 e. The molecule has 0 aromatic carbocycles. The van der Waals surface area contributed by atoms with E-state index >= 15 is 0 Å². The second kappa shape index (κ2) is 9.67. The highest BCUT2D eigenvalue weighted by Crippen LogP contribution is 2.66. The number of unbranched alkanes of at least 4 members (excludes halogenated alkanes) is 1. The average Bonchev–Trinajstić information content (AvgIpc) is 3.11. The molecule has 0 aromatic heterocycles. The zero-order valence-electron chi connectivity index (χ0n) is 22.8. The number of hydrogen-bond acceptors (Lipinski definition) is 3. The molecule has 3 nitrogen and oxygen atoms in total. The second-order valence-electron chi connectivity index (χ2n) is 13.7. The van der Waals surface area contributed by atoms with Gasteiger partial charge < -0.3 is 15.3 Å². The molecule has 3 heteroatoms. The molecule has 3 saturated carbocycles. The number of aliphatic hydroxyl groups excluding tert-OH is 2. The summed E-state index contributed by atoms with van der Waals surface area (Å²) in [5.41, 5.74) is 2.46. The summed E-state index contributed by atoms with van der Waals surface area (Å²) in [6.07, 6.45) is 15.9. The van der Waals surface area contributed by atoms with E-state index in [4.69, 9.17) is 0 Å². The lowest BCUT2D eigenvalue weighted by Crippen LogP contribution is -2.56. The molecule has 4 rings (SSSR count). The predicted octanol–water partition coefficient (Wildman–Crippen LogP) is 6.81. The fraction of sp³-hybridized carbons (Fsp3) is 0.871. The van der Waals surface area contributed by atoms with Crippen LogP contribution in [0, 0.1) is 40.4 Å². The van der Waals surface area contributed by atoms with Crippen LogP contribution in [-0.4, -0.2) is 33.1 Å². The molecule has 0 bridgehead atoms. The minimum atomic E-state index is -0.560. The molecule has 0 aliphatic heterocycles. The predicted molar refractivity (Wildman–Crippen MR) is 140 cm³/mol. The molecule has 0 aromatic rings. The van der Waals surface area contributed by atoms with Gasteiger partial charge in [-0.1, -0.05) is 76.7 Å². The fourth-order valence-corrected chi connectivity index (χ4v) is 9.01. The Balaban J connectivity index is 1.54. The Kier molecular flexibility index (Phi) is 7.52. The largest absolute Gasteiger partial charge is 0.392 e. The fourth-order valence-electron chi connectivity index (χ4n) is 9.01. The standard InChI is InChI=1S/C31H52O3/c1-7-8-11-23-27(32)19-21-12-13-22-25-15-14-24(20(2)10-9-17-29(3,4)34)30(25,5)18-16-26(22)31(21,6)28(23)33/h12-13,20,23-28,32-34H,7-11,14-19H2,1-6H3/t20-,23-,24-,25+,26+,27-,28+,30-,31+/m1/s1. The Morgan fingerprint density at radius 2 is 1.79 bits per heavy atom. The molecule has 34 heavy (non-hydrogen) atoms. The molecular weight excluding hydrogens is 420 g/mol. The molecule has 4 aliphatic carbocycles. The summed E-state index contributed by atoms with van der Waals surface area (Å²) in [7, 11) is 0. The number of rotatable bonds is 8. The Hall–Kier alpha value is -0.640. The summed E-state index contributed by atoms with van der Waals surface area (Å²) in [6, 6.07) is 0. The number of hydrogen-bond donors (Lipinski definition) is 3. The summed E-state index contributed by atoms with van der Waals surface area (Å²) in [4.78, 5) is 0. The van der Waals surface area contributed by atoms with Crippen LogP contribution >= 0.6 is 0 Å². The van der Waals surface area contributed by atoms with Gasteiger partial charge in [-0.15, -0.1) is 0 Å². The van der Waals surface area contributed by atoms with Gasteiger partial charge in [0.05, 0.1) is 17.8 Å². The zero-order chi connectivity index (χ0) is 24.9. The van der Waals surface area contributed by atoms with E-state index in [9.17, 15) is 15.3 Å². The maximum atomic E-state index is 11.7. The third-order valence-electron chi connectivity index (χ3n) is 11.0. The van der Waals surface area contributed by atoms with Crippen LogP contribution in [0.2, 0.25) is 0 Å². The van der Waals surface area contributed by atoms with Crippen LogP contribution in [0.3, 0.4) is 0 Å². The minimum Gasteiger partial charge on any atom is -0.392 e. The van der Waals surface area contributed by atoms with Crippen molar-refractivity contribution in [2.24, 2.45) is 40.4 Å². The minimum absolute atomic E-state index is 0.00174. The van der Waals surface area contributed by atoms with Gasteiger partial charge in [0.15, 0.2) is 0 Å². The Labute approximate surface area is 209 Å². The van der Waals surface area contributed by atoms with Gasteiger partial charge in [-0.25, -0.2) is 0 Å². The molecule has 4 aliphatic rings. The van der Waals surface area contributed by atoms with Crippen molar-refractivity contribution >= 4 is 0 Å². The highest BCUT2D eigenvalue weighted by Gasteiger charge is 2.60. The lowest BCUT2D eigenvalue weighted by Gasteiger charge is -2.58. The van der Waals surface area contributed by atoms with E-state index in [0.29, 0.717) is 23.2 Å². The Bertz CT molecular complexity index is 791. The van der Waals surface area contributed by atoms with Crippen molar-refractivity contribution in [3.63, 3.8) is 0 Å². The molecule has 0 saturated heterocycles. The van der Waals surface area contributed by atoms with Crippen molar-refractivity contribution in [1.29, 1.82) is 0 Å². The SMILES string of the molecule is CCCC[C@@H]1[C@H](O)CC2=CC=C3[C@@H]4CC[C@H]([C@H](C)CCCC(C)(C)O)[C@@]4(C)CC[C@@H]3[C@@]2(C)[C@H]1O. The topological polar surface area (TPSA) is 60.7 Å². The summed E-state index contributed by atoms with van der Waals surface area (Å²) in [5, 5.41) is 32.7. The second-order valence-corrected chi connectivity index (χ2v) is 13.7. The van der Waals surface area contributed by atoms with Crippen molar-refractivity contribution in [3.8, 4) is 0 Å². The average molecular weight is 473 g/mol. The molecule has 3 fully saturated rings. The van der Waals surface area contributed by atoms with E-state index in [2.05, 4.69) is 39.8 Å². The van der Waals surface area contributed by atoms with Crippen molar-refractivity contribution in [2.45, 2.75) is 130 Å². The maximum Gasteiger partial charge on any atom is 0.0689 e. The number of fused-ring (bicyclic) bond motifs is 5. The van der Waals surface area contributed by atoms with E-state index in [1.54, 1.807) is 5.57 Å². The van der Waals surface area contributed by atoms with E-state index in [1.807, 2.05) is 13.8 Å². The molecule has 0 amide bonds. The lowest BCUT2D eigenvalue weighted by molar-refractivity contribution is -0.1000. The highest BCUT2D eigenvalue weighted by molar-refractivity contribution is 5.40. The van der Waals surface area contributed by atoms with Crippen molar-refractivity contribution in [1.82, 2.24) is 0 Å². The molecule has 0 unspecified atom stereocenters. The van der Waals surface area contributed by atoms with Crippen LogP contribution < -0.4 is 0 Å². The number of aliphatic hydroxyl groups is 3. The molecule has 194 valence electrons. The quantitative estimate of drug-likeness (QED) is 0.363. The lowest BCUT2D eigenvalue weighted by atomic mass is 9.48. The molecule has 3 N–H and O–H groups in total. The first kappa shape index (κ1) is 26.4. The third-order valence-corrected chi connectivity index (χ3v) is 11.0. The van der Waals surface area contributed by atoms with E-state index < -0.39 is 17.8 Å². The summed E-state index contributed by atoms with van der Waals surface area (Å²) < 4.78 is 0. The highest BCUT2D eigenvalue weighted by atomic mass is 16.3. The van der Waals surface area contributed by atoms with Crippen LogP contribution in [-0.2, 0) is 0 Å².